The maximum atomic E-state index is 3.61. The van der Waals surface area contributed by atoms with Gasteiger partial charge in [0.2, 0.25) is 0 Å². The molecule has 2 saturated heterocycles. The second-order valence-electron chi connectivity index (χ2n) is 8.78. The van der Waals surface area contributed by atoms with Gasteiger partial charge in [-0.05, 0) is 89.2 Å². The molecule has 0 atom stereocenters. The molecule has 0 radical (unpaired) electrons. The summed E-state index contributed by atoms with van der Waals surface area (Å²) in [6.45, 7) is 15.7. The Labute approximate surface area is 257 Å². The zero-order valence-electron chi connectivity index (χ0n) is 21.4. The van der Waals surface area contributed by atoms with Crippen LogP contribution < -0.4 is 21.3 Å². The largest absolute Gasteiger partial charge is 0.317 e. The predicted octanol–water partition coefficient (Wildman–Crippen LogP) is 3.77. The predicted molar refractivity (Wildman–Crippen MR) is 170 cm³/mol. The third-order valence-corrected chi connectivity index (χ3v) is 6.11. The van der Waals surface area contributed by atoms with E-state index in [0.29, 0.717) is 0 Å². The highest BCUT2D eigenvalue weighted by Crippen LogP contribution is 2.11. The summed E-state index contributed by atoms with van der Waals surface area (Å²) in [5, 5.41) is 14.2. The van der Waals surface area contributed by atoms with Gasteiger partial charge in [0.15, 0.2) is 0 Å². The van der Waals surface area contributed by atoms with Crippen molar-refractivity contribution in [2.45, 2.75) is 38.8 Å². The lowest BCUT2D eigenvalue weighted by atomic mass is 10.1. The zero-order valence-corrected chi connectivity index (χ0v) is 26.3. The van der Waals surface area contributed by atoms with Crippen LogP contribution in [0.25, 0.3) is 0 Å². The van der Waals surface area contributed by atoms with E-state index in [4.69, 9.17) is 0 Å². The number of benzene rings is 1. The number of nitrogens with one attached hydrogen (secondary N) is 4. The molecule has 2 fully saturated rings. The van der Waals surface area contributed by atoms with E-state index in [-0.39, 0.29) is 74.4 Å². The zero-order chi connectivity index (χ0) is 20.7. The fourth-order valence-corrected chi connectivity index (χ4v) is 4.34. The molecule has 0 amide bonds. The van der Waals surface area contributed by atoms with Gasteiger partial charge in [0, 0.05) is 39.3 Å². The number of rotatable bonds is 4. The van der Waals surface area contributed by atoms with Crippen LogP contribution in [-0.2, 0) is 13.1 Å². The van der Waals surface area contributed by atoms with Gasteiger partial charge in [-0.1, -0.05) is 24.3 Å². The Hall–Kier alpha value is 0.720. The van der Waals surface area contributed by atoms with E-state index in [1.807, 2.05) is 0 Å². The molecule has 1 aromatic rings. The van der Waals surface area contributed by atoms with Gasteiger partial charge in [-0.15, -0.1) is 74.4 Å². The molecule has 6 nitrogen and oxygen atoms in total. The Balaban J connectivity index is -0.000000853. The molecular weight excluding hydrogens is 585 g/mol. The maximum Gasteiger partial charge on any atom is 0.0234 e. The normalized spacial score (nSPS) is 18.9. The second-order valence-corrected chi connectivity index (χ2v) is 8.78. The van der Waals surface area contributed by atoms with Crippen LogP contribution in [0.1, 0.15) is 36.8 Å². The van der Waals surface area contributed by atoms with E-state index in [0.717, 1.165) is 78.5 Å². The molecule has 3 rings (SSSR count). The minimum absolute atomic E-state index is 0. The smallest absolute Gasteiger partial charge is 0.0234 e. The topological polar surface area (TPSA) is 54.6 Å². The van der Waals surface area contributed by atoms with Gasteiger partial charge in [-0.3, -0.25) is 9.80 Å². The summed E-state index contributed by atoms with van der Waals surface area (Å²) in [5.74, 6) is 0. The average Bonchev–Trinajstić information content (AvgIpc) is 2.74. The molecule has 0 spiro atoms. The van der Waals surface area contributed by atoms with E-state index >= 15 is 0 Å². The molecule has 0 aromatic heterocycles. The van der Waals surface area contributed by atoms with Crippen molar-refractivity contribution in [3.63, 3.8) is 0 Å². The van der Waals surface area contributed by atoms with Gasteiger partial charge in [0.25, 0.3) is 0 Å². The highest BCUT2D eigenvalue weighted by molar-refractivity contribution is 5.86. The molecule has 218 valence electrons. The SMILES string of the molecule is Cl.Cl.Cl.Cl.Cl.Cl.c1cc(CN2CCCNCCNCCCNCC2)ccc1CN1CCCNCCC1. The molecule has 1 aromatic carbocycles. The lowest BCUT2D eigenvalue weighted by Gasteiger charge is -2.25. The van der Waals surface area contributed by atoms with Crippen LogP contribution in [0.5, 0.6) is 0 Å². The average molecular weight is 635 g/mol. The molecule has 4 N–H and O–H groups in total. The molecule has 0 bridgehead atoms. The first kappa shape index (κ1) is 43.8. The van der Waals surface area contributed by atoms with Gasteiger partial charge in [-0.2, -0.15) is 0 Å². The van der Waals surface area contributed by atoms with E-state index in [1.54, 1.807) is 0 Å². The molecule has 0 aliphatic carbocycles. The lowest BCUT2D eigenvalue weighted by Crippen LogP contribution is -2.36. The molecule has 2 heterocycles. The highest BCUT2D eigenvalue weighted by atomic mass is 35.5. The summed E-state index contributed by atoms with van der Waals surface area (Å²) in [5.41, 5.74) is 2.89. The first-order valence-corrected chi connectivity index (χ1v) is 12.3. The molecule has 36 heavy (non-hydrogen) atoms. The van der Waals surface area contributed by atoms with Crippen LogP contribution in [0.4, 0.5) is 0 Å². The standard InChI is InChI=1S/C24H44N6.6ClH/c1-9-26-14-15-27-13-4-19-30(20-16-28-10-1)22-24-7-5-23(6-8-24)21-29-17-2-11-25-12-3-18-29;;;;;;/h5-8,25-28H,1-4,9-22H2;6*1H. The fourth-order valence-electron chi connectivity index (χ4n) is 4.34. The van der Waals surface area contributed by atoms with Crippen molar-refractivity contribution in [3.8, 4) is 0 Å². The van der Waals surface area contributed by atoms with E-state index in [2.05, 4.69) is 55.3 Å². The third kappa shape index (κ3) is 19.7. The monoisotopic (exact) mass is 632 g/mol. The van der Waals surface area contributed by atoms with Gasteiger partial charge in [-0.25, -0.2) is 0 Å². The third-order valence-electron chi connectivity index (χ3n) is 6.11. The number of hydrogen-bond acceptors (Lipinski definition) is 6. The molecular formula is C24H50Cl6N6. The summed E-state index contributed by atoms with van der Waals surface area (Å²) in [6, 6.07) is 9.40. The van der Waals surface area contributed by atoms with Crippen molar-refractivity contribution in [1.82, 2.24) is 31.1 Å². The minimum atomic E-state index is 0. The molecule has 12 heteroatoms. The van der Waals surface area contributed by atoms with Crippen LogP contribution >= 0.6 is 74.4 Å². The minimum Gasteiger partial charge on any atom is -0.317 e. The lowest BCUT2D eigenvalue weighted by molar-refractivity contribution is 0.244. The summed E-state index contributed by atoms with van der Waals surface area (Å²) in [4.78, 5) is 5.23. The number of nitrogens with zero attached hydrogens (tertiary/aromatic N) is 2. The van der Waals surface area contributed by atoms with Crippen molar-refractivity contribution in [3.05, 3.63) is 35.4 Å². The molecule has 2 aliphatic rings. The van der Waals surface area contributed by atoms with Crippen LogP contribution in [0, 0.1) is 0 Å². The van der Waals surface area contributed by atoms with E-state index in [1.165, 1.54) is 49.9 Å². The van der Waals surface area contributed by atoms with Gasteiger partial charge >= 0.3 is 0 Å². The van der Waals surface area contributed by atoms with E-state index < -0.39 is 0 Å². The van der Waals surface area contributed by atoms with E-state index in [9.17, 15) is 0 Å². The van der Waals surface area contributed by atoms with Gasteiger partial charge in [0.05, 0.1) is 0 Å². The Morgan fingerprint density at radius 2 is 0.750 bits per heavy atom. The van der Waals surface area contributed by atoms with Gasteiger partial charge in [0.1, 0.15) is 0 Å². The fraction of sp³-hybridized carbons (Fsp3) is 0.750. The second kappa shape index (κ2) is 28.7. The Morgan fingerprint density at radius 3 is 1.19 bits per heavy atom. The van der Waals surface area contributed by atoms with Crippen molar-refractivity contribution in [2.24, 2.45) is 0 Å². The number of halogens is 6. The van der Waals surface area contributed by atoms with Gasteiger partial charge < -0.3 is 21.3 Å². The maximum absolute atomic E-state index is 3.61. The van der Waals surface area contributed by atoms with Crippen molar-refractivity contribution < 1.29 is 0 Å². The molecule has 2 aliphatic heterocycles. The summed E-state index contributed by atoms with van der Waals surface area (Å²) in [7, 11) is 0. The molecule has 0 unspecified atom stereocenters. The van der Waals surface area contributed by atoms with Crippen LogP contribution in [0.3, 0.4) is 0 Å². The van der Waals surface area contributed by atoms with Crippen LogP contribution in [-0.4, -0.2) is 88.3 Å². The first-order chi connectivity index (χ1) is 14.9. The van der Waals surface area contributed by atoms with Crippen molar-refractivity contribution in [2.75, 3.05) is 78.5 Å². The van der Waals surface area contributed by atoms with Crippen LogP contribution in [0.2, 0.25) is 0 Å². The Kier molecular flexibility index (Phi) is 34.9. The summed E-state index contributed by atoms with van der Waals surface area (Å²) >= 11 is 0. The first-order valence-electron chi connectivity index (χ1n) is 12.3. The quantitative estimate of drug-likeness (QED) is 0.405. The highest BCUT2D eigenvalue weighted by Gasteiger charge is 2.10. The Bertz CT molecular complexity index is 551. The van der Waals surface area contributed by atoms with Crippen LogP contribution in [0.15, 0.2) is 24.3 Å². The van der Waals surface area contributed by atoms with Crippen molar-refractivity contribution in [1.29, 1.82) is 0 Å². The Morgan fingerprint density at radius 1 is 0.417 bits per heavy atom. The molecule has 0 saturated carbocycles. The number of hydrogen-bond donors (Lipinski definition) is 4. The summed E-state index contributed by atoms with van der Waals surface area (Å²) in [6.07, 6.45) is 4.93. The van der Waals surface area contributed by atoms with Crippen molar-refractivity contribution >= 4 is 74.4 Å². The summed E-state index contributed by atoms with van der Waals surface area (Å²) < 4.78 is 0.